The van der Waals surface area contributed by atoms with Crippen LogP contribution >= 0.6 is 0 Å². The van der Waals surface area contributed by atoms with Crippen LogP contribution < -0.4 is 0 Å². The van der Waals surface area contributed by atoms with E-state index in [0.717, 1.165) is 48.5 Å². The molecule has 0 spiro atoms. The summed E-state index contributed by atoms with van der Waals surface area (Å²) in [4.78, 5) is 3.88. The number of rotatable bonds is 7. The van der Waals surface area contributed by atoms with Crippen LogP contribution in [0, 0.1) is 45.6 Å². The van der Waals surface area contributed by atoms with Crippen molar-refractivity contribution < 1.29 is 52.7 Å². The molecule has 0 bridgehead atoms. The molecule has 0 radical (unpaired) electrons. The van der Waals surface area contributed by atoms with Crippen LogP contribution in [0.2, 0.25) is 0 Å². The van der Waals surface area contributed by atoms with E-state index < -0.39 is 47.0 Å². The van der Waals surface area contributed by atoms with Gasteiger partial charge in [0, 0.05) is 32.9 Å². The SMILES string of the molecule is [C-]#[N+]c1ccc(-n2c3cc(-c4cc(C)cc(C(F)(F)F)c4)ccc3c3ccc(-c4cc(C)cc(C(F)(F)F)c4)cc32)cc1-c1cc(-n2c3cc(-c4cc(C)cc(C(F)(F)F)c4)ccc3c3ccc(-c4cc(C)cc(C(F)(F)F)c4)cc32)ccc1C#N. The van der Waals surface area contributed by atoms with Crippen LogP contribution in [-0.2, 0) is 24.7 Å². The Hall–Kier alpha value is -10.1. The first-order chi connectivity index (χ1) is 40.6. The normalized spacial score (nSPS) is 12.4. The third-order valence-corrected chi connectivity index (χ3v) is 15.5. The highest BCUT2D eigenvalue weighted by Gasteiger charge is 2.34. The van der Waals surface area contributed by atoms with E-state index in [1.807, 2.05) is 0 Å². The number of hydrogen-bond donors (Lipinski definition) is 0. The van der Waals surface area contributed by atoms with E-state index in [4.69, 9.17) is 6.57 Å². The third-order valence-electron chi connectivity index (χ3n) is 15.5. The van der Waals surface area contributed by atoms with Gasteiger partial charge in [-0.3, -0.25) is 0 Å². The quantitative estimate of drug-likeness (QED) is 0.116. The number of alkyl halides is 12. The Kier molecular flexibility index (Phi) is 13.3. The Balaban J connectivity index is 1.11. The van der Waals surface area contributed by atoms with E-state index >= 15 is 0 Å². The summed E-state index contributed by atoms with van der Waals surface area (Å²) in [6.07, 6.45) is -18.7. The van der Waals surface area contributed by atoms with E-state index in [1.54, 1.807) is 158 Å². The summed E-state index contributed by atoms with van der Waals surface area (Å²) in [5.74, 6) is 0. The van der Waals surface area contributed by atoms with Gasteiger partial charge in [0.15, 0.2) is 5.69 Å². The maximum Gasteiger partial charge on any atom is 0.416 e. The van der Waals surface area contributed by atoms with Crippen LogP contribution in [0.5, 0.6) is 0 Å². The van der Waals surface area contributed by atoms with Crippen molar-refractivity contribution in [3.8, 4) is 73.1 Å². The molecular formula is C70H42F12N4. The third kappa shape index (κ3) is 10.2. The standard InChI is InChI=1S/C70H42F12N4/c1-37-18-46(26-50(22-37)67(71,72)73)41-7-13-56-57-14-8-42(47-19-38(2)23-51(27-47)68(74,75)76)31-64(57)85(63(56)30-41)54-11-6-45(36-83)60(34-54)61-35-55(12-17-62(61)84-5)86-65-32-43(48-20-39(3)24-52(28-48)69(77,78)79)9-15-58(65)59-16-10-44(33-66(59)86)49-21-40(4)25-53(29-49)70(80,81)82/h6-35H,1-4H3. The van der Waals surface area contributed by atoms with Crippen molar-refractivity contribution in [3.63, 3.8) is 0 Å². The van der Waals surface area contributed by atoms with Gasteiger partial charge in [0.25, 0.3) is 0 Å². The first-order valence-corrected chi connectivity index (χ1v) is 26.6. The van der Waals surface area contributed by atoms with E-state index in [0.29, 0.717) is 99.5 Å². The highest BCUT2D eigenvalue weighted by atomic mass is 19.4. The second-order valence-corrected chi connectivity index (χ2v) is 21.6. The smallest absolute Gasteiger partial charge is 0.309 e. The van der Waals surface area contributed by atoms with Crippen LogP contribution in [0.25, 0.3) is 115 Å². The molecule has 0 fully saturated rings. The number of nitriles is 1. The molecule has 4 nitrogen and oxygen atoms in total. The maximum atomic E-state index is 14.3. The molecule has 12 rings (SSSR count). The van der Waals surface area contributed by atoms with Crippen molar-refractivity contribution in [2.24, 2.45) is 0 Å². The van der Waals surface area contributed by atoms with Crippen LogP contribution in [-0.4, -0.2) is 9.13 Å². The van der Waals surface area contributed by atoms with Gasteiger partial charge in [-0.1, -0.05) is 78.9 Å². The Morgan fingerprint density at radius 1 is 0.337 bits per heavy atom. The van der Waals surface area contributed by atoms with Crippen molar-refractivity contribution in [1.29, 1.82) is 5.26 Å². The summed E-state index contributed by atoms with van der Waals surface area (Å²) in [6.45, 7) is 14.7. The van der Waals surface area contributed by atoms with Crippen molar-refractivity contribution in [2.45, 2.75) is 52.4 Å². The lowest BCUT2D eigenvalue weighted by Gasteiger charge is -2.16. The number of nitrogens with zero attached hydrogens (tertiary/aromatic N) is 4. The number of aromatic nitrogens is 2. The van der Waals surface area contributed by atoms with Crippen LogP contribution in [0.1, 0.15) is 50.1 Å². The van der Waals surface area contributed by atoms with Gasteiger partial charge in [-0.2, -0.15) is 57.9 Å². The predicted molar refractivity (Wildman–Crippen MR) is 312 cm³/mol. The molecule has 10 aromatic carbocycles. The molecule has 0 N–H and O–H groups in total. The number of hydrogen-bond acceptors (Lipinski definition) is 1. The minimum Gasteiger partial charge on any atom is -0.309 e. The summed E-state index contributed by atoms with van der Waals surface area (Å²) >= 11 is 0. The molecule has 0 aliphatic carbocycles. The van der Waals surface area contributed by atoms with E-state index in [1.165, 1.54) is 12.1 Å². The van der Waals surface area contributed by atoms with Gasteiger partial charge >= 0.3 is 24.7 Å². The molecule has 0 aliphatic heterocycles. The Morgan fingerprint density at radius 2 is 0.628 bits per heavy atom. The van der Waals surface area contributed by atoms with Gasteiger partial charge in [-0.25, -0.2) is 4.85 Å². The summed E-state index contributed by atoms with van der Waals surface area (Å²) in [6, 6.07) is 47.4. The minimum atomic E-state index is -4.66. The first-order valence-electron chi connectivity index (χ1n) is 26.6. The molecule has 86 heavy (non-hydrogen) atoms. The number of aryl methyl sites for hydroxylation is 4. The summed E-state index contributed by atoms with van der Waals surface area (Å²) in [5, 5.41) is 13.4. The zero-order valence-electron chi connectivity index (χ0n) is 45.6. The second-order valence-electron chi connectivity index (χ2n) is 21.6. The number of benzene rings is 10. The fourth-order valence-electron chi connectivity index (χ4n) is 11.7. The van der Waals surface area contributed by atoms with Crippen molar-refractivity contribution >= 4 is 49.3 Å². The number of fused-ring (bicyclic) bond motifs is 6. The summed E-state index contributed by atoms with van der Waals surface area (Å²) in [7, 11) is 0. The molecule has 0 aliphatic rings. The lowest BCUT2D eigenvalue weighted by molar-refractivity contribution is -0.138. The van der Waals surface area contributed by atoms with Crippen molar-refractivity contribution in [1.82, 2.24) is 9.13 Å². The lowest BCUT2D eigenvalue weighted by atomic mass is 9.97. The largest absolute Gasteiger partial charge is 0.416 e. The molecule has 0 amide bonds. The zero-order chi connectivity index (χ0) is 61.1. The molecule has 16 heteroatoms. The molecule has 12 aromatic rings. The zero-order valence-corrected chi connectivity index (χ0v) is 45.6. The average molecular weight is 1170 g/mol. The molecule has 0 atom stereocenters. The minimum absolute atomic E-state index is 0.0788. The van der Waals surface area contributed by atoms with E-state index in [2.05, 4.69) is 10.9 Å². The predicted octanol–water partition coefficient (Wildman–Crippen LogP) is 21.9. The second kappa shape index (κ2) is 20.3. The molecule has 2 heterocycles. The van der Waals surface area contributed by atoms with Gasteiger partial charge < -0.3 is 9.13 Å². The van der Waals surface area contributed by atoms with E-state index in [-0.39, 0.29) is 44.6 Å². The highest BCUT2D eigenvalue weighted by Crippen LogP contribution is 2.45. The highest BCUT2D eigenvalue weighted by molar-refractivity contribution is 6.13. The van der Waals surface area contributed by atoms with Crippen LogP contribution in [0.4, 0.5) is 58.4 Å². The van der Waals surface area contributed by atoms with Gasteiger partial charge in [0.1, 0.15) is 0 Å². The molecule has 0 unspecified atom stereocenters. The lowest BCUT2D eigenvalue weighted by Crippen LogP contribution is -2.05. The maximum absolute atomic E-state index is 14.3. The van der Waals surface area contributed by atoms with E-state index in [9.17, 15) is 57.9 Å². The van der Waals surface area contributed by atoms with Crippen LogP contribution in [0.15, 0.2) is 182 Å². The Morgan fingerprint density at radius 3 is 0.907 bits per heavy atom. The monoisotopic (exact) mass is 1170 g/mol. The fraction of sp³-hybridized carbons (Fsp3) is 0.114. The van der Waals surface area contributed by atoms with Gasteiger partial charge in [-0.05, 0) is 209 Å². The number of halogens is 12. The van der Waals surface area contributed by atoms with Crippen molar-refractivity contribution in [2.75, 3.05) is 0 Å². The molecular weight excluding hydrogens is 1120 g/mol. The van der Waals surface area contributed by atoms with Crippen LogP contribution in [0.3, 0.4) is 0 Å². The summed E-state index contributed by atoms with van der Waals surface area (Å²) < 4.78 is 175. The van der Waals surface area contributed by atoms with Gasteiger partial charge in [0.2, 0.25) is 0 Å². The first kappa shape index (κ1) is 56.4. The topological polar surface area (TPSA) is 38.0 Å². The molecule has 0 saturated heterocycles. The molecule has 0 saturated carbocycles. The summed E-state index contributed by atoms with van der Waals surface area (Å²) in [5.41, 5.74) is 3.96. The van der Waals surface area contributed by atoms with Crippen molar-refractivity contribution in [3.05, 3.63) is 243 Å². The molecule has 426 valence electrons. The average Bonchev–Trinajstić information content (AvgIpc) is 1.62. The van der Waals surface area contributed by atoms with Gasteiger partial charge in [-0.15, -0.1) is 0 Å². The fourth-order valence-corrected chi connectivity index (χ4v) is 11.7. The Labute approximate surface area is 483 Å². The Bertz CT molecular complexity index is 4350. The molecule has 2 aromatic heterocycles. The van der Waals surface area contributed by atoms with Gasteiger partial charge in [0.05, 0.1) is 62.5 Å².